The summed E-state index contributed by atoms with van der Waals surface area (Å²) >= 11 is 0. The molecule has 0 saturated heterocycles. The molecule has 57 heavy (non-hydrogen) atoms. The third kappa shape index (κ3) is 4.56. The number of aromatic amines is 2. The first-order valence-corrected chi connectivity index (χ1v) is 21.7. The Bertz CT molecular complexity index is 2880. The van der Waals surface area contributed by atoms with Crippen LogP contribution in [0.15, 0.2) is 70.5 Å². The van der Waals surface area contributed by atoms with Crippen molar-refractivity contribution in [3.63, 3.8) is 0 Å². The van der Waals surface area contributed by atoms with Crippen LogP contribution in [0.3, 0.4) is 0 Å². The minimum absolute atomic E-state index is 0.125. The Hall–Kier alpha value is -4.71. The average molecular weight is 789 g/mol. The fourth-order valence-corrected chi connectivity index (χ4v) is 14.6. The fourth-order valence-electron chi connectivity index (χ4n) is 12.8. The van der Waals surface area contributed by atoms with Gasteiger partial charge < -0.3 is 30.4 Å². The predicted octanol–water partition coefficient (Wildman–Crippen LogP) is 7.92. The average Bonchev–Trinajstić information content (AvgIpc) is 3.73. The van der Waals surface area contributed by atoms with Crippen molar-refractivity contribution in [3.8, 4) is 0 Å². The lowest BCUT2D eigenvalue weighted by atomic mass is 9.49. The molecular formula is C46H48N2O8S. The molecule has 4 aliphatic carbocycles. The number of aliphatic carboxylic acids is 2. The number of hydrogen-bond acceptors (Lipinski definition) is 6. The zero-order valence-corrected chi connectivity index (χ0v) is 33.4. The van der Waals surface area contributed by atoms with Crippen LogP contribution in [0.5, 0.6) is 0 Å². The molecule has 11 heteroatoms. The molecule has 0 unspecified atom stereocenters. The Morgan fingerprint density at radius 1 is 0.649 bits per heavy atom. The number of carbonyl (C=O) groups is 2. The zero-order valence-electron chi connectivity index (χ0n) is 32.6. The number of para-hydroxylation sites is 1. The molecule has 0 aliphatic heterocycles. The van der Waals surface area contributed by atoms with E-state index >= 15 is 8.42 Å². The monoisotopic (exact) mass is 788 g/mol. The molecule has 10 nitrogen and oxygen atoms in total. The summed E-state index contributed by atoms with van der Waals surface area (Å²) < 4.78 is 31.4. The van der Waals surface area contributed by atoms with Crippen LogP contribution in [0.25, 0.3) is 43.6 Å². The molecule has 10 rings (SSSR count). The van der Waals surface area contributed by atoms with Crippen LogP contribution in [0.1, 0.15) is 88.5 Å². The summed E-state index contributed by atoms with van der Waals surface area (Å²) in [5.74, 6) is -2.85. The van der Waals surface area contributed by atoms with Crippen molar-refractivity contribution in [2.75, 3.05) is 0 Å². The van der Waals surface area contributed by atoms with E-state index in [1.54, 1.807) is 26.0 Å². The minimum atomic E-state index is -4.28. The van der Waals surface area contributed by atoms with Gasteiger partial charge in [-0.25, -0.2) is 8.42 Å². The molecule has 2 heterocycles. The molecule has 2 saturated carbocycles. The van der Waals surface area contributed by atoms with Gasteiger partial charge in [0.05, 0.1) is 32.8 Å². The first kappa shape index (κ1) is 36.6. The molecule has 6 aromatic rings. The van der Waals surface area contributed by atoms with Crippen molar-refractivity contribution in [1.29, 1.82) is 0 Å². The Morgan fingerprint density at radius 2 is 1.21 bits per heavy atom. The third-order valence-corrected chi connectivity index (χ3v) is 17.8. The van der Waals surface area contributed by atoms with Gasteiger partial charge in [-0.3, -0.25) is 9.59 Å². The lowest BCUT2D eigenvalue weighted by Gasteiger charge is -2.55. The Kier molecular flexibility index (Phi) is 7.52. The first-order chi connectivity index (χ1) is 27.0. The van der Waals surface area contributed by atoms with Crippen LogP contribution in [0, 0.1) is 22.7 Å². The van der Waals surface area contributed by atoms with Crippen molar-refractivity contribution >= 4 is 65.4 Å². The third-order valence-electron chi connectivity index (χ3n) is 16.0. The second kappa shape index (κ2) is 11.7. The van der Waals surface area contributed by atoms with Crippen LogP contribution in [-0.4, -0.2) is 63.0 Å². The summed E-state index contributed by atoms with van der Waals surface area (Å²) in [7, 11) is -4.28. The lowest BCUT2D eigenvalue weighted by molar-refractivity contribution is -0.172. The number of fused-ring (bicyclic) bond motifs is 12. The van der Waals surface area contributed by atoms with Gasteiger partial charge in [0.1, 0.15) is 0 Å². The molecule has 0 bridgehead atoms. The van der Waals surface area contributed by atoms with Crippen molar-refractivity contribution in [3.05, 3.63) is 82.9 Å². The summed E-state index contributed by atoms with van der Waals surface area (Å²) in [5, 5.41) is 46.2. The van der Waals surface area contributed by atoms with E-state index in [1.807, 2.05) is 43.3 Å². The summed E-state index contributed by atoms with van der Waals surface area (Å²) in [6.07, 6.45) is 1.98. The number of aryl methyl sites for hydroxylation is 2. The van der Waals surface area contributed by atoms with Crippen LogP contribution in [0.4, 0.5) is 0 Å². The van der Waals surface area contributed by atoms with E-state index in [0.717, 1.165) is 49.4 Å². The zero-order chi connectivity index (χ0) is 40.2. The summed E-state index contributed by atoms with van der Waals surface area (Å²) in [6, 6.07) is 19.2. The van der Waals surface area contributed by atoms with Gasteiger partial charge in [0.2, 0.25) is 9.84 Å². The van der Waals surface area contributed by atoms with Crippen LogP contribution >= 0.6 is 0 Å². The van der Waals surface area contributed by atoms with Gasteiger partial charge in [-0.2, -0.15) is 0 Å². The van der Waals surface area contributed by atoms with E-state index in [1.165, 1.54) is 0 Å². The van der Waals surface area contributed by atoms with Gasteiger partial charge in [0.15, 0.2) is 0 Å². The van der Waals surface area contributed by atoms with Crippen LogP contribution in [-0.2, 0) is 43.1 Å². The van der Waals surface area contributed by atoms with Crippen molar-refractivity contribution < 1.29 is 38.4 Å². The maximum atomic E-state index is 15.7. The topological polar surface area (TPSA) is 181 Å². The normalized spacial score (nSPS) is 32.5. The van der Waals surface area contributed by atoms with Gasteiger partial charge in [-0.1, -0.05) is 32.0 Å². The largest absolute Gasteiger partial charge is 0.481 e. The molecule has 0 amide bonds. The molecule has 2 aromatic heterocycles. The number of carboxylic acids is 2. The molecule has 8 atom stereocenters. The highest BCUT2D eigenvalue weighted by molar-refractivity contribution is 7.91. The number of sulfone groups is 1. The predicted molar refractivity (Wildman–Crippen MR) is 217 cm³/mol. The lowest BCUT2D eigenvalue weighted by Crippen LogP contribution is -2.58. The van der Waals surface area contributed by atoms with Crippen LogP contribution in [0.2, 0.25) is 0 Å². The number of aliphatic hydroxyl groups is 2. The molecule has 2 fully saturated rings. The number of benzene rings is 4. The Labute approximate surface area is 330 Å². The highest BCUT2D eigenvalue weighted by atomic mass is 32.2. The molecule has 6 N–H and O–H groups in total. The number of nitrogens with one attached hydrogen (secondary N) is 2. The van der Waals surface area contributed by atoms with Gasteiger partial charge in [0, 0.05) is 43.6 Å². The highest BCUT2D eigenvalue weighted by Gasteiger charge is 2.61. The maximum Gasteiger partial charge on any atom is 0.312 e. The van der Waals surface area contributed by atoms with Crippen molar-refractivity contribution in [2.24, 2.45) is 22.7 Å². The Morgan fingerprint density at radius 3 is 1.89 bits per heavy atom. The Balaban J connectivity index is 1.20. The first-order valence-electron chi connectivity index (χ1n) is 20.2. The maximum absolute atomic E-state index is 15.7. The number of aliphatic hydroxyl groups excluding tert-OH is 2. The number of carboxylic acid groups (broad SMARTS) is 2. The number of H-pyrrole nitrogens is 2. The van der Waals surface area contributed by atoms with E-state index in [9.17, 15) is 30.0 Å². The smallest absolute Gasteiger partial charge is 0.312 e. The second-order valence-electron chi connectivity index (χ2n) is 18.5. The van der Waals surface area contributed by atoms with Gasteiger partial charge >= 0.3 is 11.9 Å². The second-order valence-corrected chi connectivity index (χ2v) is 20.4. The summed E-state index contributed by atoms with van der Waals surface area (Å²) in [6.45, 7) is 7.43. The van der Waals surface area contributed by atoms with E-state index in [0.29, 0.717) is 61.4 Å². The van der Waals surface area contributed by atoms with Gasteiger partial charge in [-0.15, -0.1) is 0 Å². The molecular weight excluding hydrogens is 741 g/mol. The number of rotatable bonds is 4. The van der Waals surface area contributed by atoms with Gasteiger partial charge in [0.25, 0.3) is 0 Å². The fraction of sp³-hybridized carbons (Fsp3) is 0.435. The van der Waals surface area contributed by atoms with E-state index in [2.05, 4.69) is 29.0 Å². The summed E-state index contributed by atoms with van der Waals surface area (Å²) in [5.41, 5.74) is 2.77. The number of hydrogen-bond donors (Lipinski definition) is 6. The van der Waals surface area contributed by atoms with E-state index in [-0.39, 0.29) is 22.1 Å². The van der Waals surface area contributed by atoms with E-state index < -0.39 is 61.6 Å². The number of aromatic nitrogens is 2. The highest BCUT2D eigenvalue weighted by Crippen LogP contribution is 2.61. The standard InChI is InChI=1S/C46H48N2O8S/c1-43-17-15-36(49)45(3,41(51)52)34(43)13-9-23-19-32-28(22-29(23)43)27-21-25(11-12-31(27)47-32)57(55,56)40-38-26-7-5-6-8-30(26)48-33(38)20-24-10-14-35-44(2,39(24)40)18-16-37(50)46(35,4)42(53)54/h5-8,11-12,19-22,34-37,47-50H,9-10,13-18H2,1-4H3,(H,51,52)(H,53,54)/t34-,35-,36+,37+,43-,44+,45+,46+/m1/s1. The SMILES string of the molecule is C[C@@]1(C(=O)O)[C@@H](O)CC[C@]2(C)c3cc4c(cc3CC[C@@H]12)[nH]c1ccc(S(=O)(=O)c2c3c(cc5[nH]c6ccccc6c25)CC[C@H]2[C@](C)(C(=O)O)[C@@H](O)CC[C@]32C)cc14. The van der Waals surface area contributed by atoms with Crippen molar-refractivity contribution in [2.45, 2.75) is 112 Å². The molecule has 0 radical (unpaired) electrons. The summed E-state index contributed by atoms with van der Waals surface area (Å²) in [4.78, 5) is 33.1. The van der Waals surface area contributed by atoms with Gasteiger partial charge in [-0.05, 0) is 153 Å². The molecule has 0 spiro atoms. The van der Waals surface area contributed by atoms with E-state index in [4.69, 9.17) is 0 Å². The molecule has 4 aliphatic rings. The quantitative estimate of drug-likeness (QED) is 0.104. The van der Waals surface area contributed by atoms with Crippen LogP contribution < -0.4 is 0 Å². The molecule has 296 valence electrons. The van der Waals surface area contributed by atoms with Crippen molar-refractivity contribution in [1.82, 2.24) is 9.97 Å². The molecule has 4 aromatic carbocycles. The minimum Gasteiger partial charge on any atom is -0.481 e.